The van der Waals surface area contributed by atoms with Crippen LogP contribution in [0.3, 0.4) is 0 Å². The molecule has 5 nitrogen and oxygen atoms in total. The topological polar surface area (TPSA) is 76.7 Å². The van der Waals surface area contributed by atoms with E-state index in [9.17, 15) is 0 Å². The lowest BCUT2D eigenvalue weighted by Gasteiger charge is -2.17. The Balaban J connectivity index is 1.99. The van der Waals surface area contributed by atoms with Crippen molar-refractivity contribution in [1.82, 2.24) is 20.4 Å². The molecule has 1 aromatic carbocycles. The van der Waals surface area contributed by atoms with E-state index in [1.165, 1.54) is 0 Å². The van der Waals surface area contributed by atoms with Crippen molar-refractivity contribution in [2.45, 2.75) is 12.5 Å². The molecule has 0 radical (unpaired) electrons. The van der Waals surface area contributed by atoms with Gasteiger partial charge >= 0.3 is 0 Å². The number of nitrogens with two attached hydrogens (primary N) is 1. The lowest BCUT2D eigenvalue weighted by molar-refractivity contribution is 0.554. The van der Waals surface area contributed by atoms with Gasteiger partial charge in [-0.15, -0.1) is 0 Å². The van der Waals surface area contributed by atoms with Crippen molar-refractivity contribution < 1.29 is 0 Å². The highest BCUT2D eigenvalue weighted by atomic mass is 15.2. The number of hydrogen-bond donors (Lipinski definition) is 2. The molecule has 1 unspecified atom stereocenters. The molecule has 0 aliphatic heterocycles. The predicted octanol–water partition coefficient (Wildman–Crippen LogP) is 1.77. The van der Waals surface area contributed by atoms with Crippen molar-refractivity contribution in [3.63, 3.8) is 0 Å². The molecule has 3 aromatic rings. The average Bonchev–Trinajstić information content (AvgIpc) is 2.53. The van der Waals surface area contributed by atoms with Gasteiger partial charge in [0.15, 0.2) is 0 Å². The summed E-state index contributed by atoms with van der Waals surface area (Å²) in [5, 5.41) is 0. The van der Waals surface area contributed by atoms with Gasteiger partial charge in [-0.2, -0.15) is 0 Å². The zero-order valence-electron chi connectivity index (χ0n) is 10.9. The fraction of sp³-hybridized carbons (Fsp3) is 0.133. The van der Waals surface area contributed by atoms with Crippen LogP contribution >= 0.6 is 0 Å². The highest BCUT2D eigenvalue weighted by Gasteiger charge is 2.14. The second-order valence-corrected chi connectivity index (χ2v) is 4.56. The fourth-order valence-corrected chi connectivity index (χ4v) is 2.31. The van der Waals surface area contributed by atoms with E-state index in [2.05, 4.69) is 20.4 Å². The maximum atomic E-state index is 5.73. The molecule has 0 saturated heterocycles. The third-order valence-corrected chi connectivity index (χ3v) is 3.27. The fourth-order valence-electron chi connectivity index (χ4n) is 2.31. The molecule has 3 N–H and O–H groups in total. The first-order valence-electron chi connectivity index (χ1n) is 6.43. The second-order valence-electron chi connectivity index (χ2n) is 4.56. The molecule has 0 amide bonds. The van der Waals surface area contributed by atoms with Crippen LogP contribution in [0.2, 0.25) is 0 Å². The number of benzene rings is 1. The van der Waals surface area contributed by atoms with Crippen LogP contribution in [0.1, 0.15) is 17.2 Å². The van der Waals surface area contributed by atoms with E-state index in [1.54, 1.807) is 18.6 Å². The zero-order chi connectivity index (χ0) is 13.8. The van der Waals surface area contributed by atoms with Crippen molar-refractivity contribution >= 4 is 11.0 Å². The Labute approximate surface area is 116 Å². The Kier molecular flexibility index (Phi) is 3.62. The molecule has 100 valence electrons. The van der Waals surface area contributed by atoms with Crippen molar-refractivity contribution in [2.24, 2.45) is 5.84 Å². The van der Waals surface area contributed by atoms with Crippen molar-refractivity contribution in [3.05, 3.63) is 66.2 Å². The van der Waals surface area contributed by atoms with Crippen LogP contribution in [-0.4, -0.2) is 15.0 Å². The monoisotopic (exact) mass is 265 g/mol. The minimum absolute atomic E-state index is 0.0281. The Morgan fingerprint density at radius 2 is 1.95 bits per heavy atom. The summed E-state index contributed by atoms with van der Waals surface area (Å²) in [6.07, 6.45) is 7.75. The third kappa shape index (κ3) is 2.49. The van der Waals surface area contributed by atoms with Gasteiger partial charge in [0.25, 0.3) is 0 Å². The number of hydrazine groups is 1. The third-order valence-electron chi connectivity index (χ3n) is 3.27. The van der Waals surface area contributed by atoms with Crippen LogP contribution in [0, 0.1) is 0 Å². The molecule has 0 saturated carbocycles. The van der Waals surface area contributed by atoms with Crippen LogP contribution in [0.5, 0.6) is 0 Å². The Morgan fingerprint density at radius 1 is 1.05 bits per heavy atom. The van der Waals surface area contributed by atoms with E-state index < -0.39 is 0 Å². The van der Waals surface area contributed by atoms with Gasteiger partial charge in [0.05, 0.1) is 17.1 Å². The van der Waals surface area contributed by atoms with E-state index in [0.717, 1.165) is 28.6 Å². The summed E-state index contributed by atoms with van der Waals surface area (Å²) < 4.78 is 0. The Bertz CT molecular complexity index is 693. The number of pyridine rings is 1. The van der Waals surface area contributed by atoms with Gasteiger partial charge in [-0.3, -0.25) is 26.2 Å². The van der Waals surface area contributed by atoms with E-state index in [1.807, 2.05) is 36.5 Å². The highest BCUT2D eigenvalue weighted by Crippen LogP contribution is 2.23. The van der Waals surface area contributed by atoms with Crippen molar-refractivity contribution in [1.29, 1.82) is 0 Å². The smallest absolute Gasteiger partial charge is 0.0935 e. The van der Waals surface area contributed by atoms with Crippen molar-refractivity contribution in [3.8, 4) is 0 Å². The summed E-state index contributed by atoms with van der Waals surface area (Å²) in [5.74, 6) is 5.73. The van der Waals surface area contributed by atoms with Gasteiger partial charge in [0.2, 0.25) is 0 Å². The number of rotatable bonds is 4. The molecule has 5 heteroatoms. The number of aromatic nitrogens is 3. The summed E-state index contributed by atoms with van der Waals surface area (Å²) >= 11 is 0. The summed E-state index contributed by atoms with van der Waals surface area (Å²) in [4.78, 5) is 12.9. The molecule has 0 spiro atoms. The van der Waals surface area contributed by atoms with Crippen LogP contribution in [0.4, 0.5) is 0 Å². The van der Waals surface area contributed by atoms with Gasteiger partial charge in [0, 0.05) is 24.8 Å². The van der Waals surface area contributed by atoms with Gasteiger partial charge in [-0.1, -0.05) is 18.2 Å². The highest BCUT2D eigenvalue weighted by molar-refractivity contribution is 5.78. The Hall–Kier alpha value is -2.37. The normalized spacial score (nSPS) is 12.4. The Morgan fingerprint density at radius 3 is 2.75 bits per heavy atom. The molecular weight excluding hydrogens is 250 g/mol. The van der Waals surface area contributed by atoms with E-state index in [0.29, 0.717) is 0 Å². The molecule has 1 atom stereocenters. The van der Waals surface area contributed by atoms with Gasteiger partial charge < -0.3 is 0 Å². The van der Waals surface area contributed by atoms with Crippen LogP contribution < -0.4 is 11.3 Å². The first-order chi connectivity index (χ1) is 9.88. The van der Waals surface area contributed by atoms with Gasteiger partial charge in [0.1, 0.15) is 0 Å². The average molecular weight is 265 g/mol. The molecule has 0 bridgehead atoms. The van der Waals surface area contributed by atoms with Crippen LogP contribution in [-0.2, 0) is 6.42 Å². The first kappa shape index (κ1) is 12.7. The number of nitrogens with zero attached hydrogens (tertiary/aromatic N) is 3. The number of para-hydroxylation sites is 1. The molecule has 0 aliphatic carbocycles. The van der Waals surface area contributed by atoms with Crippen LogP contribution in [0.25, 0.3) is 11.0 Å². The number of nitrogens with one attached hydrogen (secondary N) is 1. The maximum Gasteiger partial charge on any atom is 0.0935 e. The summed E-state index contributed by atoms with van der Waals surface area (Å²) in [5.41, 5.74) is 6.78. The maximum absolute atomic E-state index is 5.73. The van der Waals surface area contributed by atoms with E-state index >= 15 is 0 Å². The summed E-state index contributed by atoms with van der Waals surface area (Å²) in [6.45, 7) is 0. The standard InChI is InChI=1S/C15H15N5/c16-20-14(9-11-3-2-6-17-10-11)12-4-1-5-13-15(12)19-8-7-18-13/h1-8,10,14,20H,9,16H2. The van der Waals surface area contributed by atoms with Crippen molar-refractivity contribution in [2.75, 3.05) is 0 Å². The molecule has 0 fully saturated rings. The molecule has 2 heterocycles. The zero-order valence-corrected chi connectivity index (χ0v) is 10.9. The predicted molar refractivity (Wildman–Crippen MR) is 77.5 cm³/mol. The molecule has 2 aromatic heterocycles. The van der Waals surface area contributed by atoms with Gasteiger partial charge in [-0.25, -0.2) is 0 Å². The molecule has 20 heavy (non-hydrogen) atoms. The lowest BCUT2D eigenvalue weighted by Crippen LogP contribution is -2.29. The van der Waals surface area contributed by atoms with Gasteiger partial charge in [-0.05, 0) is 29.7 Å². The first-order valence-corrected chi connectivity index (χ1v) is 6.43. The SMILES string of the molecule is NNC(Cc1cccnc1)c1cccc2nccnc12. The largest absolute Gasteiger partial charge is 0.271 e. The molecule has 3 rings (SSSR count). The lowest BCUT2D eigenvalue weighted by atomic mass is 9.99. The van der Waals surface area contributed by atoms with Crippen LogP contribution in [0.15, 0.2) is 55.1 Å². The number of fused-ring (bicyclic) bond motifs is 1. The van der Waals surface area contributed by atoms with E-state index in [-0.39, 0.29) is 6.04 Å². The summed E-state index contributed by atoms with van der Waals surface area (Å²) in [6, 6.07) is 9.88. The minimum Gasteiger partial charge on any atom is -0.271 e. The second kappa shape index (κ2) is 5.73. The number of hydrogen-bond acceptors (Lipinski definition) is 5. The van der Waals surface area contributed by atoms with E-state index in [4.69, 9.17) is 5.84 Å². The summed E-state index contributed by atoms with van der Waals surface area (Å²) in [7, 11) is 0. The quantitative estimate of drug-likeness (QED) is 0.555. The minimum atomic E-state index is -0.0281. The molecule has 0 aliphatic rings. The molecular formula is C15H15N5.